The molecular weight excluding hydrogens is 261 g/mol. The van der Waals surface area contributed by atoms with Crippen molar-refractivity contribution in [2.45, 2.75) is 25.7 Å². The van der Waals surface area contributed by atoms with Crippen molar-refractivity contribution in [1.82, 2.24) is 5.32 Å². The van der Waals surface area contributed by atoms with Gasteiger partial charge in [-0.25, -0.2) is 0 Å². The highest BCUT2D eigenvalue weighted by molar-refractivity contribution is 5.80. The summed E-state index contributed by atoms with van der Waals surface area (Å²) < 4.78 is 40.9. The molecule has 1 aromatic rings. The maximum absolute atomic E-state index is 12.1. The molecule has 0 fully saturated rings. The van der Waals surface area contributed by atoms with E-state index in [-0.39, 0.29) is 18.2 Å². The molecule has 4 nitrogen and oxygen atoms in total. The first-order valence-electron chi connectivity index (χ1n) is 5.60. The number of amides is 1. The van der Waals surface area contributed by atoms with E-state index in [0.717, 1.165) is 0 Å². The standard InChI is InChI=1S/C12H15F3N2O2/c1-8(16)11(18)17-6-9-4-2-3-5-10(9)19-7-12(13,14)15/h2-5,8H,6-7,16H2,1H3,(H,17,18)/t8-/m0/s1. The van der Waals surface area contributed by atoms with Crippen molar-refractivity contribution in [3.8, 4) is 5.75 Å². The van der Waals surface area contributed by atoms with Crippen LogP contribution in [-0.4, -0.2) is 24.7 Å². The van der Waals surface area contributed by atoms with Crippen LogP contribution in [0.15, 0.2) is 24.3 Å². The van der Waals surface area contributed by atoms with Gasteiger partial charge in [0.05, 0.1) is 6.04 Å². The topological polar surface area (TPSA) is 64.4 Å². The second-order valence-corrected chi connectivity index (χ2v) is 4.02. The first kappa shape index (κ1) is 15.3. The van der Waals surface area contributed by atoms with Crippen LogP contribution in [0.4, 0.5) is 13.2 Å². The predicted molar refractivity (Wildman–Crippen MR) is 63.5 cm³/mol. The lowest BCUT2D eigenvalue weighted by atomic mass is 10.2. The molecule has 0 aliphatic carbocycles. The van der Waals surface area contributed by atoms with E-state index >= 15 is 0 Å². The Morgan fingerprint density at radius 3 is 2.63 bits per heavy atom. The Kier molecular flexibility index (Phi) is 5.17. The minimum atomic E-state index is -4.40. The van der Waals surface area contributed by atoms with Gasteiger partial charge in [0, 0.05) is 12.1 Å². The van der Waals surface area contributed by atoms with Crippen LogP contribution in [0.2, 0.25) is 0 Å². The fourth-order valence-corrected chi connectivity index (χ4v) is 1.29. The lowest BCUT2D eigenvalue weighted by Crippen LogP contribution is -2.37. The normalized spacial score (nSPS) is 12.9. The molecule has 0 bridgehead atoms. The number of halogens is 3. The van der Waals surface area contributed by atoms with Gasteiger partial charge >= 0.3 is 6.18 Å². The number of hydrogen-bond acceptors (Lipinski definition) is 3. The molecule has 0 saturated carbocycles. The summed E-state index contributed by atoms with van der Waals surface area (Å²) in [5, 5.41) is 2.51. The van der Waals surface area contributed by atoms with E-state index in [0.29, 0.717) is 5.56 Å². The van der Waals surface area contributed by atoms with Crippen LogP contribution in [-0.2, 0) is 11.3 Å². The Labute approximate surface area is 108 Å². The highest BCUT2D eigenvalue weighted by Crippen LogP contribution is 2.21. The van der Waals surface area contributed by atoms with Crippen LogP contribution in [0.3, 0.4) is 0 Å². The summed E-state index contributed by atoms with van der Waals surface area (Å²) >= 11 is 0. The van der Waals surface area contributed by atoms with E-state index < -0.39 is 18.8 Å². The van der Waals surface area contributed by atoms with Gasteiger partial charge in [0.1, 0.15) is 5.75 Å². The highest BCUT2D eigenvalue weighted by atomic mass is 19.4. The van der Waals surface area contributed by atoms with Crippen molar-refractivity contribution < 1.29 is 22.7 Å². The first-order chi connectivity index (χ1) is 8.79. The minimum Gasteiger partial charge on any atom is -0.484 e. The third-order valence-electron chi connectivity index (χ3n) is 2.23. The van der Waals surface area contributed by atoms with Gasteiger partial charge in [0.25, 0.3) is 0 Å². The molecule has 0 aliphatic rings. The summed E-state index contributed by atoms with van der Waals surface area (Å²) in [5.41, 5.74) is 5.82. The quantitative estimate of drug-likeness (QED) is 0.858. The number of benzene rings is 1. The number of carbonyl (C=O) groups is 1. The Balaban J connectivity index is 2.65. The van der Waals surface area contributed by atoms with Gasteiger partial charge in [-0.15, -0.1) is 0 Å². The van der Waals surface area contributed by atoms with Crippen molar-refractivity contribution >= 4 is 5.91 Å². The largest absolute Gasteiger partial charge is 0.484 e. The van der Waals surface area contributed by atoms with Crippen LogP contribution in [0.1, 0.15) is 12.5 Å². The average Bonchev–Trinajstić information content (AvgIpc) is 2.33. The summed E-state index contributed by atoms with van der Waals surface area (Å²) in [4.78, 5) is 11.3. The second kappa shape index (κ2) is 6.42. The molecule has 1 aromatic carbocycles. The molecule has 3 N–H and O–H groups in total. The number of hydrogen-bond donors (Lipinski definition) is 2. The Hall–Kier alpha value is -1.76. The molecule has 0 aromatic heterocycles. The van der Waals surface area contributed by atoms with E-state index in [9.17, 15) is 18.0 Å². The number of carbonyl (C=O) groups excluding carboxylic acids is 1. The van der Waals surface area contributed by atoms with E-state index in [1.54, 1.807) is 18.2 Å². The summed E-state index contributed by atoms with van der Waals surface area (Å²) in [6.45, 7) is 0.209. The van der Waals surface area contributed by atoms with Crippen molar-refractivity contribution in [3.63, 3.8) is 0 Å². The second-order valence-electron chi connectivity index (χ2n) is 4.02. The van der Waals surface area contributed by atoms with Gasteiger partial charge in [0.2, 0.25) is 5.91 Å². The molecule has 0 radical (unpaired) electrons. The Morgan fingerprint density at radius 2 is 2.05 bits per heavy atom. The summed E-state index contributed by atoms with van der Waals surface area (Å²) in [5.74, 6) is -0.296. The highest BCUT2D eigenvalue weighted by Gasteiger charge is 2.28. The minimum absolute atomic E-state index is 0.0639. The van der Waals surface area contributed by atoms with Gasteiger partial charge in [-0.3, -0.25) is 4.79 Å². The molecule has 7 heteroatoms. The molecule has 0 aliphatic heterocycles. The number of nitrogens with two attached hydrogens (primary N) is 1. The van der Waals surface area contributed by atoms with E-state index in [1.165, 1.54) is 13.0 Å². The maximum Gasteiger partial charge on any atom is 0.422 e. The predicted octanol–water partition coefficient (Wildman–Crippen LogP) is 1.59. The van der Waals surface area contributed by atoms with Crippen molar-refractivity contribution in [2.24, 2.45) is 5.73 Å². The monoisotopic (exact) mass is 276 g/mol. The molecular formula is C12H15F3N2O2. The summed E-state index contributed by atoms with van der Waals surface area (Å²) in [6, 6.07) is 5.52. The van der Waals surface area contributed by atoms with Gasteiger partial charge in [0.15, 0.2) is 6.61 Å². The molecule has 0 unspecified atom stereocenters. The van der Waals surface area contributed by atoms with Crippen LogP contribution >= 0.6 is 0 Å². The lowest BCUT2D eigenvalue weighted by molar-refractivity contribution is -0.153. The summed E-state index contributed by atoms with van der Waals surface area (Å²) in [7, 11) is 0. The zero-order valence-corrected chi connectivity index (χ0v) is 10.3. The van der Waals surface area contributed by atoms with Gasteiger partial charge in [-0.1, -0.05) is 18.2 Å². The van der Waals surface area contributed by atoms with Crippen LogP contribution in [0.25, 0.3) is 0 Å². The molecule has 0 heterocycles. The van der Waals surface area contributed by atoms with Crippen molar-refractivity contribution in [3.05, 3.63) is 29.8 Å². The zero-order chi connectivity index (χ0) is 14.5. The Bertz CT molecular complexity index is 433. The SMILES string of the molecule is C[C@H](N)C(=O)NCc1ccccc1OCC(F)(F)F. The van der Waals surface area contributed by atoms with Crippen LogP contribution < -0.4 is 15.8 Å². The molecule has 1 rings (SSSR count). The van der Waals surface area contributed by atoms with E-state index in [2.05, 4.69) is 10.1 Å². The maximum atomic E-state index is 12.1. The third-order valence-corrected chi connectivity index (χ3v) is 2.23. The van der Waals surface area contributed by atoms with E-state index in [1.807, 2.05) is 0 Å². The molecule has 106 valence electrons. The third kappa shape index (κ3) is 5.60. The zero-order valence-electron chi connectivity index (χ0n) is 10.3. The first-order valence-corrected chi connectivity index (χ1v) is 5.60. The molecule has 19 heavy (non-hydrogen) atoms. The molecule has 1 amide bonds. The number of para-hydroxylation sites is 1. The molecule has 0 spiro atoms. The van der Waals surface area contributed by atoms with E-state index in [4.69, 9.17) is 5.73 Å². The van der Waals surface area contributed by atoms with Gasteiger partial charge in [-0.2, -0.15) is 13.2 Å². The van der Waals surface area contributed by atoms with Crippen molar-refractivity contribution in [2.75, 3.05) is 6.61 Å². The van der Waals surface area contributed by atoms with Gasteiger partial charge < -0.3 is 15.8 Å². The Morgan fingerprint density at radius 1 is 1.42 bits per heavy atom. The fourth-order valence-electron chi connectivity index (χ4n) is 1.29. The van der Waals surface area contributed by atoms with Crippen molar-refractivity contribution in [1.29, 1.82) is 0 Å². The number of nitrogens with one attached hydrogen (secondary N) is 1. The number of rotatable bonds is 5. The lowest BCUT2D eigenvalue weighted by Gasteiger charge is -2.14. The summed E-state index contributed by atoms with van der Waals surface area (Å²) in [6.07, 6.45) is -4.40. The smallest absolute Gasteiger partial charge is 0.422 e. The van der Waals surface area contributed by atoms with Crippen LogP contribution in [0, 0.1) is 0 Å². The molecule has 0 saturated heterocycles. The number of alkyl halides is 3. The fraction of sp³-hybridized carbons (Fsp3) is 0.417. The average molecular weight is 276 g/mol. The van der Waals surface area contributed by atoms with Gasteiger partial charge in [-0.05, 0) is 13.0 Å². The van der Waals surface area contributed by atoms with Crippen LogP contribution in [0.5, 0.6) is 5.75 Å². The number of ether oxygens (including phenoxy) is 1. The molecule has 1 atom stereocenters.